The molecule has 16 heavy (non-hydrogen) atoms. The molecule has 1 fully saturated rings. The average molecular weight is 237 g/mol. The zero-order valence-corrected chi connectivity index (χ0v) is 10.1. The zero-order chi connectivity index (χ0) is 11.4. The van der Waals surface area contributed by atoms with Crippen molar-refractivity contribution in [3.63, 3.8) is 0 Å². The lowest BCUT2D eigenvalue weighted by atomic mass is 10.3. The van der Waals surface area contributed by atoms with Crippen LogP contribution in [0.4, 0.5) is 0 Å². The molecular formula is C12H15NO2S. The van der Waals surface area contributed by atoms with E-state index in [1.165, 1.54) is 32.8 Å². The Hall–Kier alpha value is -1.03. The SMILES string of the molecule is COC(=O)c1cccc(SC2CCCC2)n1. The van der Waals surface area contributed by atoms with Crippen molar-refractivity contribution in [3.8, 4) is 0 Å². The summed E-state index contributed by atoms with van der Waals surface area (Å²) in [7, 11) is 1.38. The molecule has 2 rings (SSSR count). The van der Waals surface area contributed by atoms with Crippen molar-refractivity contribution in [2.24, 2.45) is 0 Å². The monoisotopic (exact) mass is 237 g/mol. The summed E-state index contributed by atoms with van der Waals surface area (Å²) in [6.45, 7) is 0. The van der Waals surface area contributed by atoms with E-state index < -0.39 is 0 Å². The molecule has 3 nitrogen and oxygen atoms in total. The van der Waals surface area contributed by atoms with Gasteiger partial charge in [-0.05, 0) is 25.0 Å². The molecule has 0 aliphatic heterocycles. The summed E-state index contributed by atoms with van der Waals surface area (Å²) in [5.41, 5.74) is 0.394. The van der Waals surface area contributed by atoms with Crippen LogP contribution >= 0.6 is 11.8 Å². The van der Waals surface area contributed by atoms with Gasteiger partial charge in [0.2, 0.25) is 0 Å². The number of carbonyl (C=O) groups is 1. The van der Waals surface area contributed by atoms with E-state index in [1.807, 2.05) is 12.1 Å². The van der Waals surface area contributed by atoms with E-state index in [4.69, 9.17) is 0 Å². The molecule has 0 atom stereocenters. The van der Waals surface area contributed by atoms with Gasteiger partial charge in [-0.3, -0.25) is 0 Å². The maximum absolute atomic E-state index is 11.3. The van der Waals surface area contributed by atoms with Crippen molar-refractivity contribution in [2.75, 3.05) is 7.11 Å². The third-order valence-corrected chi connectivity index (χ3v) is 3.98. The highest BCUT2D eigenvalue weighted by Crippen LogP contribution is 2.33. The highest BCUT2D eigenvalue weighted by atomic mass is 32.2. The lowest BCUT2D eigenvalue weighted by Crippen LogP contribution is -2.05. The van der Waals surface area contributed by atoms with Crippen LogP contribution in [0.2, 0.25) is 0 Å². The Morgan fingerprint density at radius 1 is 1.44 bits per heavy atom. The van der Waals surface area contributed by atoms with Gasteiger partial charge in [0.1, 0.15) is 5.69 Å². The van der Waals surface area contributed by atoms with Gasteiger partial charge in [-0.15, -0.1) is 11.8 Å². The number of thioether (sulfide) groups is 1. The van der Waals surface area contributed by atoms with Gasteiger partial charge in [-0.25, -0.2) is 9.78 Å². The molecule has 1 aliphatic rings. The number of rotatable bonds is 3. The summed E-state index contributed by atoms with van der Waals surface area (Å²) in [6, 6.07) is 5.50. The van der Waals surface area contributed by atoms with Gasteiger partial charge in [0.25, 0.3) is 0 Å². The second-order valence-corrected chi connectivity index (χ2v) is 5.20. The molecule has 1 saturated carbocycles. The van der Waals surface area contributed by atoms with E-state index in [1.54, 1.807) is 17.8 Å². The van der Waals surface area contributed by atoms with Crippen LogP contribution in [0.3, 0.4) is 0 Å². The third-order valence-electron chi connectivity index (χ3n) is 2.71. The molecule has 0 spiro atoms. The number of nitrogens with zero attached hydrogens (tertiary/aromatic N) is 1. The van der Waals surface area contributed by atoms with Crippen LogP contribution in [-0.2, 0) is 4.74 Å². The van der Waals surface area contributed by atoms with Gasteiger partial charge < -0.3 is 4.74 Å². The third kappa shape index (κ3) is 2.76. The van der Waals surface area contributed by atoms with Gasteiger partial charge in [0.15, 0.2) is 0 Å². The van der Waals surface area contributed by atoms with Crippen LogP contribution in [0.25, 0.3) is 0 Å². The van der Waals surface area contributed by atoms with Crippen molar-refractivity contribution in [3.05, 3.63) is 23.9 Å². The Morgan fingerprint density at radius 3 is 2.88 bits per heavy atom. The number of carbonyl (C=O) groups excluding carboxylic acids is 1. The van der Waals surface area contributed by atoms with E-state index >= 15 is 0 Å². The smallest absolute Gasteiger partial charge is 0.356 e. The Morgan fingerprint density at radius 2 is 2.19 bits per heavy atom. The number of pyridine rings is 1. The fourth-order valence-electron chi connectivity index (χ4n) is 1.88. The second-order valence-electron chi connectivity index (χ2n) is 3.88. The quantitative estimate of drug-likeness (QED) is 0.758. The molecule has 0 aromatic carbocycles. The fourth-order valence-corrected chi connectivity index (χ4v) is 3.09. The van der Waals surface area contributed by atoms with E-state index in [9.17, 15) is 4.79 Å². The summed E-state index contributed by atoms with van der Waals surface area (Å²) >= 11 is 1.77. The summed E-state index contributed by atoms with van der Waals surface area (Å²) in [5.74, 6) is -0.367. The predicted molar refractivity (Wildman–Crippen MR) is 63.7 cm³/mol. The molecule has 1 aromatic rings. The molecule has 0 unspecified atom stereocenters. The maximum atomic E-state index is 11.3. The van der Waals surface area contributed by atoms with Crippen molar-refractivity contribution in [1.29, 1.82) is 0 Å². The first-order valence-electron chi connectivity index (χ1n) is 5.51. The van der Waals surface area contributed by atoms with Crippen molar-refractivity contribution in [2.45, 2.75) is 36.0 Å². The highest BCUT2D eigenvalue weighted by Gasteiger charge is 2.17. The molecular weight excluding hydrogens is 222 g/mol. The minimum Gasteiger partial charge on any atom is -0.464 e. The molecule has 0 saturated heterocycles. The first-order valence-corrected chi connectivity index (χ1v) is 6.39. The minimum atomic E-state index is -0.367. The van der Waals surface area contributed by atoms with Crippen LogP contribution in [0.15, 0.2) is 23.2 Å². The Balaban J connectivity index is 2.06. The number of esters is 1. The summed E-state index contributed by atoms with van der Waals surface area (Å²) < 4.78 is 4.65. The molecule has 1 heterocycles. The number of ether oxygens (including phenoxy) is 1. The molecule has 0 amide bonds. The van der Waals surface area contributed by atoms with Crippen LogP contribution in [0.5, 0.6) is 0 Å². The summed E-state index contributed by atoms with van der Waals surface area (Å²) in [5, 5.41) is 1.59. The van der Waals surface area contributed by atoms with E-state index in [0.29, 0.717) is 10.9 Å². The van der Waals surface area contributed by atoms with Gasteiger partial charge in [-0.2, -0.15) is 0 Å². The Labute approximate surface area is 99.6 Å². The molecule has 86 valence electrons. The zero-order valence-electron chi connectivity index (χ0n) is 9.31. The lowest BCUT2D eigenvalue weighted by molar-refractivity contribution is 0.0593. The number of hydrogen-bond acceptors (Lipinski definition) is 4. The Kier molecular flexibility index (Phi) is 3.83. The van der Waals surface area contributed by atoms with Gasteiger partial charge >= 0.3 is 5.97 Å². The van der Waals surface area contributed by atoms with Gasteiger partial charge in [0, 0.05) is 5.25 Å². The molecule has 4 heteroatoms. The van der Waals surface area contributed by atoms with Crippen LogP contribution in [0, 0.1) is 0 Å². The maximum Gasteiger partial charge on any atom is 0.356 e. The first kappa shape index (κ1) is 11.5. The largest absolute Gasteiger partial charge is 0.464 e. The van der Waals surface area contributed by atoms with E-state index in [-0.39, 0.29) is 5.97 Å². The van der Waals surface area contributed by atoms with E-state index in [0.717, 1.165) is 5.03 Å². The molecule has 0 N–H and O–H groups in total. The molecule has 1 aromatic heterocycles. The lowest BCUT2D eigenvalue weighted by Gasteiger charge is -2.08. The van der Waals surface area contributed by atoms with Crippen molar-refractivity contribution in [1.82, 2.24) is 4.98 Å². The van der Waals surface area contributed by atoms with Crippen LogP contribution < -0.4 is 0 Å². The number of hydrogen-bond donors (Lipinski definition) is 0. The van der Waals surface area contributed by atoms with Crippen molar-refractivity contribution < 1.29 is 9.53 Å². The highest BCUT2D eigenvalue weighted by molar-refractivity contribution is 7.99. The first-order chi connectivity index (χ1) is 7.79. The minimum absolute atomic E-state index is 0.367. The fraction of sp³-hybridized carbons (Fsp3) is 0.500. The number of methoxy groups -OCH3 is 1. The van der Waals surface area contributed by atoms with Crippen molar-refractivity contribution >= 4 is 17.7 Å². The molecule has 0 bridgehead atoms. The molecule has 0 radical (unpaired) electrons. The normalized spacial score (nSPS) is 16.3. The Bertz CT molecular complexity index is 375. The van der Waals surface area contributed by atoms with Gasteiger partial charge in [-0.1, -0.05) is 18.9 Å². The molecule has 1 aliphatic carbocycles. The van der Waals surface area contributed by atoms with Crippen LogP contribution in [0.1, 0.15) is 36.2 Å². The standard InChI is InChI=1S/C12H15NO2S/c1-15-12(14)10-7-4-8-11(13-10)16-9-5-2-3-6-9/h4,7-9H,2-3,5-6H2,1H3. The summed E-state index contributed by atoms with van der Waals surface area (Å²) in [4.78, 5) is 15.6. The number of aromatic nitrogens is 1. The predicted octanol–water partition coefficient (Wildman–Crippen LogP) is 2.90. The van der Waals surface area contributed by atoms with Crippen LogP contribution in [-0.4, -0.2) is 23.3 Å². The van der Waals surface area contributed by atoms with E-state index in [2.05, 4.69) is 9.72 Å². The van der Waals surface area contributed by atoms with Gasteiger partial charge in [0.05, 0.1) is 12.1 Å². The topological polar surface area (TPSA) is 39.2 Å². The average Bonchev–Trinajstić information content (AvgIpc) is 2.81. The summed E-state index contributed by atoms with van der Waals surface area (Å²) in [6.07, 6.45) is 5.15. The second kappa shape index (κ2) is 5.34.